The van der Waals surface area contributed by atoms with Crippen molar-refractivity contribution in [3.63, 3.8) is 0 Å². The summed E-state index contributed by atoms with van der Waals surface area (Å²) in [7, 11) is -3.27. The monoisotopic (exact) mass is 413 g/mol. The SMILES string of the molecule is CS(=O)(=O)NCc1ccccc1Nc1c2ccccc2nc2ccccc12.Cl. The minimum Gasteiger partial charge on any atom is -0.354 e. The van der Waals surface area contributed by atoms with Gasteiger partial charge in [0.15, 0.2) is 0 Å². The number of nitrogens with one attached hydrogen (secondary N) is 2. The van der Waals surface area contributed by atoms with E-state index in [2.05, 4.69) is 10.0 Å². The molecule has 0 fully saturated rings. The van der Waals surface area contributed by atoms with Gasteiger partial charge >= 0.3 is 0 Å². The molecule has 1 aromatic heterocycles. The van der Waals surface area contributed by atoms with E-state index in [1.54, 1.807) is 0 Å². The third-order valence-corrected chi connectivity index (χ3v) is 5.06. The number of sulfonamides is 1. The lowest BCUT2D eigenvalue weighted by atomic mass is 10.1. The highest BCUT2D eigenvalue weighted by molar-refractivity contribution is 7.88. The zero-order chi connectivity index (χ0) is 18.9. The van der Waals surface area contributed by atoms with E-state index in [0.717, 1.165) is 45.0 Å². The average Bonchev–Trinajstić information content (AvgIpc) is 2.66. The minimum atomic E-state index is -3.27. The summed E-state index contributed by atoms with van der Waals surface area (Å²) >= 11 is 0. The lowest BCUT2D eigenvalue weighted by molar-refractivity contribution is 0.587. The van der Waals surface area contributed by atoms with E-state index in [1.807, 2.05) is 72.8 Å². The first-order chi connectivity index (χ1) is 13.0. The van der Waals surface area contributed by atoms with Crippen LogP contribution in [0.15, 0.2) is 72.8 Å². The molecule has 4 aromatic rings. The maximum Gasteiger partial charge on any atom is 0.209 e. The third-order valence-electron chi connectivity index (χ3n) is 4.39. The summed E-state index contributed by atoms with van der Waals surface area (Å²) in [5.41, 5.74) is 4.50. The molecule has 0 saturated carbocycles. The fourth-order valence-corrected chi connectivity index (χ4v) is 3.53. The van der Waals surface area contributed by atoms with Crippen LogP contribution < -0.4 is 10.0 Å². The molecule has 0 spiro atoms. The molecular formula is C21H20ClN3O2S. The summed E-state index contributed by atoms with van der Waals surface area (Å²) in [6.45, 7) is 0.225. The molecule has 28 heavy (non-hydrogen) atoms. The van der Waals surface area contributed by atoms with Crippen molar-refractivity contribution in [2.24, 2.45) is 0 Å². The number of nitrogens with zero attached hydrogens (tertiary/aromatic N) is 1. The van der Waals surface area contributed by atoms with Crippen LogP contribution in [0, 0.1) is 0 Å². The average molecular weight is 414 g/mol. The van der Waals surface area contributed by atoms with Gasteiger partial charge in [-0.15, -0.1) is 12.4 Å². The largest absolute Gasteiger partial charge is 0.354 e. The van der Waals surface area contributed by atoms with Crippen LogP contribution in [0.4, 0.5) is 11.4 Å². The Labute approximate surface area is 170 Å². The first-order valence-corrected chi connectivity index (χ1v) is 10.5. The van der Waals surface area contributed by atoms with E-state index in [1.165, 1.54) is 0 Å². The van der Waals surface area contributed by atoms with E-state index >= 15 is 0 Å². The molecule has 0 radical (unpaired) electrons. The van der Waals surface area contributed by atoms with Crippen molar-refractivity contribution in [1.82, 2.24) is 9.71 Å². The molecule has 4 rings (SSSR count). The first-order valence-electron chi connectivity index (χ1n) is 8.58. The predicted molar refractivity (Wildman–Crippen MR) is 118 cm³/mol. The molecule has 0 bridgehead atoms. The summed E-state index contributed by atoms with van der Waals surface area (Å²) in [6, 6.07) is 23.6. The van der Waals surface area contributed by atoms with E-state index in [9.17, 15) is 8.42 Å². The number of pyridine rings is 1. The molecule has 0 aliphatic rings. The molecule has 1 heterocycles. The van der Waals surface area contributed by atoms with Crippen LogP contribution in [0.2, 0.25) is 0 Å². The number of halogens is 1. The molecular weight excluding hydrogens is 394 g/mol. The normalized spacial score (nSPS) is 11.3. The van der Waals surface area contributed by atoms with Crippen LogP contribution in [0.1, 0.15) is 5.56 Å². The Morgan fingerprint density at radius 2 is 1.36 bits per heavy atom. The first kappa shape index (κ1) is 20.1. The Morgan fingerprint density at radius 1 is 0.821 bits per heavy atom. The highest BCUT2D eigenvalue weighted by Crippen LogP contribution is 2.33. The number of aromatic nitrogens is 1. The van der Waals surface area contributed by atoms with Crippen molar-refractivity contribution < 1.29 is 8.42 Å². The number of fused-ring (bicyclic) bond motifs is 2. The zero-order valence-electron chi connectivity index (χ0n) is 15.2. The lowest BCUT2D eigenvalue weighted by Gasteiger charge is -2.16. The molecule has 0 aliphatic heterocycles. The van der Waals surface area contributed by atoms with Crippen LogP contribution in [-0.2, 0) is 16.6 Å². The second-order valence-electron chi connectivity index (χ2n) is 6.40. The van der Waals surface area contributed by atoms with E-state index in [4.69, 9.17) is 4.98 Å². The summed E-state index contributed by atoms with van der Waals surface area (Å²) in [6.07, 6.45) is 1.16. The number of benzene rings is 3. The summed E-state index contributed by atoms with van der Waals surface area (Å²) in [4.78, 5) is 4.74. The molecule has 0 atom stereocenters. The number of hydrogen-bond acceptors (Lipinski definition) is 4. The van der Waals surface area contributed by atoms with Gasteiger partial charge < -0.3 is 5.32 Å². The summed E-state index contributed by atoms with van der Waals surface area (Å²) < 4.78 is 25.5. The third kappa shape index (κ3) is 4.25. The van der Waals surface area contributed by atoms with Crippen LogP contribution in [-0.4, -0.2) is 19.7 Å². The van der Waals surface area contributed by atoms with Crippen LogP contribution in [0.3, 0.4) is 0 Å². The van der Waals surface area contributed by atoms with Gasteiger partial charge in [-0.1, -0.05) is 54.6 Å². The Bertz CT molecular complexity index is 1190. The van der Waals surface area contributed by atoms with Gasteiger partial charge in [0, 0.05) is 23.0 Å². The summed E-state index contributed by atoms with van der Waals surface area (Å²) in [5, 5.41) is 5.55. The minimum absolute atomic E-state index is 0. The van der Waals surface area contributed by atoms with Gasteiger partial charge in [0.1, 0.15) is 0 Å². The van der Waals surface area contributed by atoms with Gasteiger partial charge in [-0.3, -0.25) is 0 Å². The Kier molecular flexibility index (Phi) is 5.84. The highest BCUT2D eigenvalue weighted by Gasteiger charge is 2.11. The van der Waals surface area contributed by atoms with Crippen molar-refractivity contribution in [2.75, 3.05) is 11.6 Å². The molecule has 0 saturated heterocycles. The molecule has 144 valence electrons. The number of hydrogen-bond donors (Lipinski definition) is 2. The van der Waals surface area contributed by atoms with Gasteiger partial charge in [0.2, 0.25) is 10.0 Å². The van der Waals surface area contributed by atoms with Gasteiger partial charge in [-0.2, -0.15) is 0 Å². The van der Waals surface area contributed by atoms with Gasteiger partial charge in [-0.05, 0) is 23.8 Å². The number of anilines is 2. The van der Waals surface area contributed by atoms with E-state index in [-0.39, 0.29) is 19.0 Å². The number of para-hydroxylation sites is 3. The molecule has 7 heteroatoms. The topological polar surface area (TPSA) is 71.1 Å². The standard InChI is InChI=1S/C21H19N3O2S.ClH/c1-27(25,26)22-14-15-8-2-5-11-18(15)24-21-16-9-3-6-12-19(16)23-20-13-7-4-10-17(20)21;/h2-13,22H,14H2,1H3,(H,23,24);1H. The van der Waals surface area contributed by atoms with Crippen LogP contribution in [0.25, 0.3) is 21.8 Å². The van der Waals surface area contributed by atoms with Crippen molar-refractivity contribution in [1.29, 1.82) is 0 Å². The second-order valence-corrected chi connectivity index (χ2v) is 8.23. The fourth-order valence-electron chi connectivity index (χ4n) is 3.11. The fraction of sp³-hybridized carbons (Fsp3) is 0.0952. The predicted octanol–water partition coefficient (Wildman–Crippen LogP) is 4.60. The van der Waals surface area contributed by atoms with Gasteiger partial charge in [0.05, 0.1) is 23.0 Å². The highest BCUT2D eigenvalue weighted by atomic mass is 35.5. The zero-order valence-corrected chi connectivity index (χ0v) is 16.8. The van der Waals surface area contributed by atoms with E-state index < -0.39 is 10.0 Å². The van der Waals surface area contributed by atoms with Crippen molar-refractivity contribution >= 4 is 55.6 Å². The molecule has 0 unspecified atom stereocenters. The molecule has 3 aromatic carbocycles. The maximum atomic E-state index is 11.5. The molecule has 0 aliphatic carbocycles. The van der Waals surface area contributed by atoms with Crippen LogP contribution in [0.5, 0.6) is 0 Å². The number of rotatable bonds is 5. The molecule has 2 N–H and O–H groups in total. The van der Waals surface area contributed by atoms with Crippen molar-refractivity contribution in [2.45, 2.75) is 6.54 Å². The quantitative estimate of drug-likeness (QED) is 0.469. The Morgan fingerprint density at radius 3 is 1.96 bits per heavy atom. The molecule has 5 nitrogen and oxygen atoms in total. The smallest absolute Gasteiger partial charge is 0.209 e. The van der Waals surface area contributed by atoms with Gasteiger partial charge in [0.25, 0.3) is 0 Å². The maximum absolute atomic E-state index is 11.5. The Balaban J connectivity index is 0.00000225. The molecule has 0 amide bonds. The lowest BCUT2D eigenvalue weighted by Crippen LogP contribution is -2.21. The van der Waals surface area contributed by atoms with Crippen LogP contribution >= 0.6 is 12.4 Å². The van der Waals surface area contributed by atoms with Gasteiger partial charge in [-0.25, -0.2) is 18.1 Å². The van der Waals surface area contributed by atoms with Crippen molar-refractivity contribution in [3.8, 4) is 0 Å². The second kappa shape index (κ2) is 8.14. The Hall–Kier alpha value is -2.67. The van der Waals surface area contributed by atoms with E-state index in [0.29, 0.717) is 0 Å². The van der Waals surface area contributed by atoms with Crippen molar-refractivity contribution in [3.05, 3.63) is 78.4 Å². The summed E-state index contributed by atoms with van der Waals surface area (Å²) in [5.74, 6) is 0.